The van der Waals surface area contributed by atoms with Crippen LogP contribution in [0.1, 0.15) is 36.6 Å². The van der Waals surface area contributed by atoms with E-state index in [4.69, 9.17) is 5.26 Å². The maximum Gasteiger partial charge on any atom is 0.266 e. The summed E-state index contributed by atoms with van der Waals surface area (Å²) in [5.74, 6) is -1.06. The highest BCUT2D eigenvalue weighted by molar-refractivity contribution is 6.34. The molecule has 4 rings (SSSR count). The van der Waals surface area contributed by atoms with Gasteiger partial charge in [-0.3, -0.25) is 14.4 Å². The molecule has 1 N–H and O–H groups in total. The molecule has 3 aromatic rings. The van der Waals surface area contributed by atoms with Crippen LogP contribution in [0.4, 0.5) is 11.4 Å². The van der Waals surface area contributed by atoms with Crippen LogP contribution in [0.5, 0.6) is 0 Å². The van der Waals surface area contributed by atoms with Crippen LogP contribution in [0.2, 0.25) is 0 Å². The van der Waals surface area contributed by atoms with Crippen molar-refractivity contribution < 1.29 is 14.4 Å². The molecule has 1 aliphatic heterocycles. The fourth-order valence-electron chi connectivity index (χ4n) is 3.19. The van der Waals surface area contributed by atoms with E-state index in [1.54, 1.807) is 72.8 Å². The molecular weight excluding hydrogens is 366 g/mol. The number of carbonyl (C=O) groups is 3. The molecule has 0 bridgehead atoms. The first-order valence-electron chi connectivity index (χ1n) is 8.93. The van der Waals surface area contributed by atoms with Crippen molar-refractivity contribution >= 4 is 29.1 Å². The number of amides is 3. The second-order valence-corrected chi connectivity index (χ2v) is 6.52. The Hall–Kier alpha value is -4.24. The van der Waals surface area contributed by atoms with Gasteiger partial charge in [0.2, 0.25) is 0 Å². The van der Waals surface area contributed by atoms with Crippen molar-refractivity contribution in [1.82, 2.24) is 0 Å². The third-order valence-electron chi connectivity index (χ3n) is 4.68. The molecule has 0 spiro atoms. The molecule has 6 heteroatoms. The van der Waals surface area contributed by atoms with E-state index in [1.807, 2.05) is 0 Å². The summed E-state index contributed by atoms with van der Waals surface area (Å²) >= 11 is 0. The summed E-state index contributed by atoms with van der Waals surface area (Å²) in [6, 6.07) is 22.1. The Morgan fingerprint density at radius 1 is 0.862 bits per heavy atom. The van der Waals surface area contributed by atoms with Crippen molar-refractivity contribution in [3.05, 3.63) is 95.1 Å². The lowest BCUT2D eigenvalue weighted by Crippen LogP contribution is -2.29. The Labute approximate surface area is 167 Å². The van der Waals surface area contributed by atoms with Crippen molar-refractivity contribution in [3.63, 3.8) is 0 Å². The first kappa shape index (κ1) is 18.1. The fourth-order valence-corrected chi connectivity index (χ4v) is 3.19. The fraction of sp³-hybridized carbons (Fsp3) is 0.0435. The number of rotatable bonds is 4. The number of fused-ring (bicyclic) bond motifs is 1. The number of nitrogens with zero attached hydrogens (tertiary/aromatic N) is 2. The Morgan fingerprint density at radius 3 is 2.00 bits per heavy atom. The molecular formula is C23H15N3O3. The summed E-state index contributed by atoms with van der Waals surface area (Å²) in [6.45, 7) is 0. The van der Waals surface area contributed by atoms with E-state index in [0.717, 1.165) is 10.5 Å². The molecule has 6 nitrogen and oxygen atoms in total. The number of anilines is 2. The van der Waals surface area contributed by atoms with Crippen LogP contribution in [0, 0.1) is 11.3 Å². The second-order valence-electron chi connectivity index (χ2n) is 6.52. The lowest BCUT2D eigenvalue weighted by atomic mass is 10.1. The summed E-state index contributed by atoms with van der Waals surface area (Å²) in [5, 5.41) is 11.5. The largest absolute Gasteiger partial charge is 0.322 e. The molecule has 29 heavy (non-hydrogen) atoms. The maximum absolute atomic E-state index is 12.5. The molecule has 3 aromatic carbocycles. The lowest BCUT2D eigenvalue weighted by molar-refractivity contribution is 0.0925. The first-order valence-corrected chi connectivity index (χ1v) is 8.93. The number of nitrogens with one attached hydrogen (secondary N) is 1. The highest BCUT2D eigenvalue weighted by Crippen LogP contribution is 2.28. The van der Waals surface area contributed by atoms with Gasteiger partial charge in [-0.1, -0.05) is 24.3 Å². The third kappa shape index (κ3) is 3.37. The minimum absolute atomic E-state index is 0.313. The van der Waals surface area contributed by atoms with Crippen LogP contribution in [0.15, 0.2) is 72.8 Å². The van der Waals surface area contributed by atoms with Crippen molar-refractivity contribution in [3.8, 4) is 6.07 Å². The minimum atomic E-state index is -0.375. The number of nitriles is 1. The molecule has 1 aliphatic rings. The van der Waals surface area contributed by atoms with Crippen LogP contribution >= 0.6 is 0 Å². The van der Waals surface area contributed by atoms with Gasteiger partial charge in [0.1, 0.15) is 0 Å². The normalized spacial score (nSPS) is 12.4. The van der Waals surface area contributed by atoms with E-state index in [0.29, 0.717) is 34.5 Å². The van der Waals surface area contributed by atoms with Crippen LogP contribution in [-0.4, -0.2) is 17.7 Å². The van der Waals surface area contributed by atoms with Crippen molar-refractivity contribution in [1.29, 1.82) is 5.26 Å². The second kappa shape index (κ2) is 7.41. The van der Waals surface area contributed by atoms with E-state index in [-0.39, 0.29) is 17.7 Å². The Morgan fingerprint density at radius 2 is 1.45 bits per heavy atom. The molecule has 0 atom stereocenters. The summed E-state index contributed by atoms with van der Waals surface area (Å²) in [6.07, 6.45) is 0.313. The van der Waals surface area contributed by atoms with Gasteiger partial charge in [-0.2, -0.15) is 5.26 Å². The lowest BCUT2D eigenvalue weighted by Gasteiger charge is -2.14. The van der Waals surface area contributed by atoms with Gasteiger partial charge < -0.3 is 5.32 Å². The molecule has 1 heterocycles. The monoisotopic (exact) mass is 381 g/mol. The van der Waals surface area contributed by atoms with Gasteiger partial charge in [0.15, 0.2) is 0 Å². The zero-order chi connectivity index (χ0) is 20.4. The average Bonchev–Trinajstić information content (AvgIpc) is 3.00. The molecule has 0 unspecified atom stereocenters. The van der Waals surface area contributed by atoms with Gasteiger partial charge in [0, 0.05) is 11.3 Å². The van der Waals surface area contributed by atoms with Crippen molar-refractivity contribution in [2.24, 2.45) is 0 Å². The van der Waals surface area contributed by atoms with Crippen LogP contribution in [-0.2, 0) is 6.42 Å². The van der Waals surface area contributed by atoms with Gasteiger partial charge in [0.05, 0.1) is 29.3 Å². The molecule has 0 fully saturated rings. The van der Waals surface area contributed by atoms with Crippen molar-refractivity contribution in [2.75, 3.05) is 10.2 Å². The molecule has 0 radical (unpaired) electrons. The third-order valence-corrected chi connectivity index (χ3v) is 4.68. The van der Waals surface area contributed by atoms with Crippen LogP contribution in [0.25, 0.3) is 0 Å². The SMILES string of the molecule is N#CCc1ccc(NC(=O)c2ccc(N3C(=O)c4ccccc4C3=O)cc2)cc1. The van der Waals surface area contributed by atoms with Gasteiger partial charge in [-0.25, -0.2) is 4.90 Å². The number of benzene rings is 3. The number of imide groups is 1. The average molecular weight is 381 g/mol. The van der Waals surface area contributed by atoms with E-state index in [2.05, 4.69) is 11.4 Å². The number of hydrogen-bond donors (Lipinski definition) is 1. The molecule has 3 amide bonds. The predicted molar refractivity (Wildman–Crippen MR) is 108 cm³/mol. The smallest absolute Gasteiger partial charge is 0.266 e. The van der Waals surface area contributed by atoms with Gasteiger partial charge in [-0.05, 0) is 54.1 Å². The number of carbonyl (C=O) groups excluding carboxylic acids is 3. The van der Waals surface area contributed by atoms with E-state index >= 15 is 0 Å². The standard InChI is InChI=1S/C23H15N3O3/c24-14-13-15-5-9-17(10-6-15)25-21(27)16-7-11-18(12-8-16)26-22(28)19-3-1-2-4-20(19)23(26)29/h1-12H,13H2,(H,25,27). The highest BCUT2D eigenvalue weighted by atomic mass is 16.2. The number of hydrogen-bond acceptors (Lipinski definition) is 4. The Kier molecular flexibility index (Phi) is 4.63. The summed E-state index contributed by atoms with van der Waals surface area (Å²) in [5.41, 5.74) is 3.04. The summed E-state index contributed by atoms with van der Waals surface area (Å²) < 4.78 is 0. The first-order chi connectivity index (χ1) is 14.1. The van der Waals surface area contributed by atoms with Crippen molar-refractivity contribution in [2.45, 2.75) is 6.42 Å². The molecule has 140 valence electrons. The minimum Gasteiger partial charge on any atom is -0.322 e. The van der Waals surface area contributed by atoms with Gasteiger partial charge in [0.25, 0.3) is 17.7 Å². The van der Waals surface area contributed by atoms with Gasteiger partial charge >= 0.3 is 0 Å². The summed E-state index contributed by atoms with van der Waals surface area (Å²) in [4.78, 5) is 38.7. The summed E-state index contributed by atoms with van der Waals surface area (Å²) in [7, 11) is 0. The molecule has 0 aliphatic carbocycles. The quantitative estimate of drug-likeness (QED) is 0.696. The van der Waals surface area contributed by atoms with Crippen LogP contribution in [0.3, 0.4) is 0 Å². The van der Waals surface area contributed by atoms with E-state index in [9.17, 15) is 14.4 Å². The predicted octanol–water partition coefficient (Wildman–Crippen LogP) is 3.81. The zero-order valence-electron chi connectivity index (χ0n) is 15.3. The Bertz CT molecular complexity index is 1120. The van der Waals surface area contributed by atoms with Crippen LogP contribution < -0.4 is 10.2 Å². The molecule has 0 saturated heterocycles. The van der Waals surface area contributed by atoms with E-state index < -0.39 is 0 Å². The molecule has 0 saturated carbocycles. The maximum atomic E-state index is 12.5. The zero-order valence-corrected chi connectivity index (χ0v) is 15.3. The topological polar surface area (TPSA) is 90.3 Å². The van der Waals surface area contributed by atoms with Gasteiger partial charge in [-0.15, -0.1) is 0 Å². The highest BCUT2D eigenvalue weighted by Gasteiger charge is 2.36. The molecule has 0 aromatic heterocycles. The van der Waals surface area contributed by atoms with E-state index in [1.165, 1.54) is 0 Å². The Balaban J connectivity index is 1.50.